The Morgan fingerprint density at radius 3 is 2.70 bits per heavy atom. The van der Waals surface area contributed by atoms with Crippen molar-refractivity contribution in [3.63, 3.8) is 0 Å². The van der Waals surface area contributed by atoms with Gasteiger partial charge in [0.05, 0.1) is 11.5 Å². The molecule has 1 heterocycles. The van der Waals surface area contributed by atoms with Gasteiger partial charge in [-0.25, -0.2) is 13.1 Å². The van der Waals surface area contributed by atoms with Crippen molar-refractivity contribution < 1.29 is 18.3 Å². The molecule has 1 aromatic carbocycles. The third-order valence-electron chi connectivity index (χ3n) is 3.76. The zero-order valence-corrected chi connectivity index (χ0v) is 12.4. The van der Waals surface area contributed by atoms with Crippen LogP contribution >= 0.6 is 0 Å². The van der Waals surface area contributed by atoms with Gasteiger partial charge in [0.15, 0.2) is 0 Å². The van der Waals surface area contributed by atoms with Gasteiger partial charge < -0.3 is 9.84 Å². The number of sulfonamides is 1. The van der Waals surface area contributed by atoms with E-state index in [1.165, 1.54) is 0 Å². The molecule has 1 aliphatic rings. The largest absolute Gasteiger partial charge is 0.392 e. The summed E-state index contributed by atoms with van der Waals surface area (Å²) in [7, 11) is -3.52. The highest BCUT2D eigenvalue weighted by molar-refractivity contribution is 7.89. The van der Waals surface area contributed by atoms with E-state index in [0.717, 1.165) is 12.8 Å². The minimum Gasteiger partial charge on any atom is -0.392 e. The van der Waals surface area contributed by atoms with E-state index in [0.29, 0.717) is 36.8 Å². The molecule has 112 valence electrons. The first kappa shape index (κ1) is 15.4. The molecule has 1 aliphatic heterocycles. The van der Waals surface area contributed by atoms with Gasteiger partial charge in [0.1, 0.15) is 0 Å². The highest BCUT2D eigenvalue weighted by Crippen LogP contribution is 2.20. The molecule has 0 saturated carbocycles. The summed E-state index contributed by atoms with van der Waals surface area (Å²) in [5.41, 5.74) is 1.24. The molecular formula is C14H21NO4S. The van der Waals surface area contributed by atoms with E-state index in [-0.39, 0.29) is 11.5 Å². The fourth-order valence-electron chi connectivity index (χ4n) is 2.38. The topological polar surface area (TPSA) is 75.6 Å². The molecule has 0 spiro atoms. The molecule has 0 aromatic heterocycles. The van der Waals surface area contributed by atoms with Gasteiger partial charge in [0.2, 0.25) is 10.0 Å². The van der Waals surface area contributed by atoms with Gasteiger partial charge in [-0.1, -0.05) is 12.1 Å². The van der Waals surface area contributed by atoms with Gasteiger partial charge in [-0.3, -0.25) is 0 Å². The van der Waals surface area contributed by atoms with E-state index in [4.69, 9.17) is 4.74 Å². The van der Waals surface area contributed by atoms with Crippen molar-refractivity contribution in [1.29, 1.82) is 0 Å². The zero-order chi connectivity index (χ0) is 14.6. The Hall–Kier alpha value is -0.950. The van der Waals surface area contributed by atoms with Crippen LogP contribution in [0.15, 0.2) is 23.1 Å². The third-order valence-corrected chi connectivity index (χ3v) is 5.33. The van der Waals surface area contributed by atoms with E-state index in [1.54, 1.807) is 25.1 Å². The van der Waals surface area contributed by atoms with Crippen LogP contribution in [0.2, 0.25) is 0 Å². The lowest BCUT2D eigenvalue weighted by molar-refractivity contribution is 0.0678. The molecule has 0 radical (unpaired) electrons. The number of nitrogens with one attached hydrogen (secondary N) is 1. The molecule has 0 unspecified atom stereocenters. The molecule has 0 bridgehead atoms. The fraction of sp³-hybridized carbons (Fsp3) is 0.571. The maximum Gasteiger partial charge on any atom is 0.240 e. The van der Waals surface area contributed by atoms with E-state index >= 15 is 0 Å². The Labute approximate surface area is 120 Å². The van der Waals surface area contributed by atoms with Gasteiger partial charge >= 0.3 is 0 Å². The van der Waals surface area contributed by atoms with Crippen LogP contribution in [-0.2, 0) is 21.4 Å². The van der Waals surface area contributed by atoms with Crippen LogP contribution in [0.1, 0.15) is 24.0 Å². The first-order chi connectivity index (χ1) is 9.54. The van der Waals surface area contributed by atoms with Crippen molar-refractivity contribution in [2.75, 3.05) is 19.8 Å². The van der Waals surface area contributed by atoms with E-state index in [2.05, 4.69) is 4.72 Å². The Morgan fingerprint density at radius 2 is 2.05 bits per heavy atom. The first-order valence-electron chi connectivity index (χ1n) is 6.81. The van der Waals surface area contributed by atoms with Crippen LogP contribution in [0, 0.1) is 12.8 Å². The first-order valence-corrected chi connectivity index (χ1v) is 8.29. The average molecular weight is 299 g/mol. The summed E-state index contributed by atoms with van der Waals surface area (Å²) in [6.45, 7) is 3.40. The lowest BCUT2D eigenvalue weighted by atomic mass is 10.0. The summed E-state index contributed by atoms with van der Waals surface area (Å²) in [5, 5.41) is 9.21. The highest BCUT2D eigenvalue weighted by Gasteiger charge is 2.21. The molecule has 0 aliphatic carbocycles. The molecule has 1 fully saturated rings. The average Bonchev–Trinajstić information content (AvgIpc) is 2.46. The fourth-order valence-corrected chi connectivity index (χ4v) is 3.78. The number of hydrogen-bond acceptors (Lipinski definition) is 4. The van der Waals surface area contributed by atoms with Crippen LogP contribution in [-0.4, -0.2) is 33.3 Å². The quantitative estimate of drug-likeness (QED) is 0.856. The van der Waals surface area contributed by atoms with Crippen molar-refractivity contribution in [2.24, 2.45) is 5.92 Å². The van der Waals surface area contributed by atoms with Crippen LogP contribution in [0.5, 0.6) is 0 Å². The number of ether oxygens (including phenoxy) is 1. The molecule has 0 amide bonds. The molecular weight excluding hydrogens is 278 g/mol. The van der Waals surface area contributed by atoms with Crippen LogP contribution in [0.3, 0.4) is 0 Å². The van der Waals surface area contributed by atoms with E-state index in [9.17, 15) is 13.5 Å². The molecule has 6 heteroatoms. The Balaban J connectivity index is 2.10. The minimum absolute atomic E-state index is 0.158. The second-order valence-corrected chi connectivity index (χ2v) is 6.84. The number of aliphatic hydroxyl groups excluding tert-OH is 1. The standard InChI is InChI=1S/C14H21NO4S/c1-11-13(10-16)3-2-4-14(11)20(17,18)15-9-12-5-7-19-8-6-12/h2-4,12,15-16H,5-10H2,1H3. The number of benzene rings is 1. The summed E-state index contributed by atoms with van der Waals surface area (Å²) in [6.07, 6.45) is 1.77. The molecule has 20 heavy (non-hydrogen) atoms. The highest BCUT2D eigenvalue weighted by atomic mass is 32.2. The Morgan fingerprint density at radius 1 is 1.35 bits per heavy atom. The van der Waals surface area contributed by atoms with Crippen LogP contribution in [0.4, 0.5) is 0 Å². The molecule has 1 saturated heterocycles. The Bertz CT molecular complexity index is 550. The van der Waals surface area contributed by atoms with Crippen LogP contribution < -0.4 is 4.72 Å². The van der Waals surface area contributed by atoms with E-state index < -0.39 is 10.0 Å². The monoisotopic (exact) mass is 299 g/mol. The third kappa shape index (κ3) is 3.58. The zero-order valence-electron chi connectivity index (χ0n) is 11.6. The van der Waals surface area contributed by atoms with Gasteiger partial charge in [-0.2, -0.15) is 0 Å². The normalized spacial score (nSPS) is 17.3. The number of hydrogen-bond donors (Lipinski definition) is 2. The summed E-state index contributed by atoms with van der Waals surface area (Å²) in [6, 6.07) is 4.95. The predicted octanol–water partition coefficient (Wildman–Crippen LogP) is 1.19. The molecule has 5 nitrogen and oxygen atoms in total. The summed E-state index contributed by atoms with van der Waals surface area (Å²) in [4.78, 5) is 0.246. The number of rotatable bonds is 5. The molecule has 1 aromatic rings. The van der Waals surface area contributed by atoms with Gasteiger partial charge in [-0.15, -0.1) is 0 Å². The lowest BCUT2D eigenvalue weighted by Crippen LogP contribution is -2.32. The minimum atomic E-state index is -3.52. The van der Waals surface area contributed by atoms with Crippen LogP contribution in [0.25, 0.3) is 0 Å². The van der Waals surface area contributed by atoms with Gasteiger partial charge in [0.25, 0.3) is 0 Å². The predicted molar refractivity (Wildman–Crippen MR) is 75.8 cm³/mol. The van der Waals surface area contributed by atoms with Crippen molar-refractivity contribution in [3.05, 3.63) is 29.3 Å². The van der Waals surface area contributed by atoms with Crippen molar-refractivity contribution >= 4 is 10.0 Å². The van der Waals surface area contributed by atoms with Crippen molar-refractivity contribution in [1.82, 2.24) is 4.72 Å². The maximum atomic E-state index is 12.3. The van der Waals surface area contributed by atoms with Crippen molar-refractivity contribution in [2.45, 2.75) is 31.3 Å². The smallest absolute Gasteiger partial charge is 0.240 e. The van der Waals surface area contributed by atoms with Crippen molar-refractivity contribution in [3.8, 4) is 0 Å². The lowest BCUT2D eigenvalue weighted by Gasteiger charge is -2.22. The van der Waals surface area contributed by atoms with Gasteiger partial charge in [-0.05, 0) is 42.9 Å². The second kappa shape index (κ2) is 6.67. The number of aliphatic hydroxyl groups is 1. The maximum absolute atomic E-state index is 12.3. The van der Waals surface area contributed by atoms with Gasteiger partial charge in [0, 0.05) is 19.8 Å². The summed E-state index contributed by atoms with van der Waals surface area (Å²) >= 11 is 0. The summed E-state index contributed by atoms with van der Waals surface area (Å²) in [5.74, 6) is 0.333. The molecule has 2 rings (SSSR count). The summed E-state index contributed by atoms with van der Waals surface area (Å²) < 4.78 is 32.6. The second-order valence-electron chi connectivity index (χ2n) is 5.11. The molecule has 0 atom stereocenters. The molecule has 2 N–H and O–H groups in total. The van der Waals surface area contributed by atoms with E-state index in [1.807, 2.05) is 0 Å². The SMILES string of the molecule is Cc1c(CO)cccc1S(=O)(=O)NCC1CCOCC1. The Kier molecular flexibility index (Phi) is 5.15.